The van der Waals surface area contributed by atoms with Crippen molar-refractivity contribution in [2.45, 2.75) is 51.7 Å². The number of carbonyl (C=O) groups excluding carboxylic acids is 1. The zero-order valence-electron chi connectivity index (χ0n) is 12.5. The number of nitrogens with zero attached hydrogens (tertiary/aromatic N) is 1. The van der Waals surface area contributed by atoms with Gasteiger partial charge in [0, 0.05) is 6.54 Å². The third kappa shape index (κ3) is 3.40. The summed E-state index contributed by atoms with van der Waals surface area (Å²) in [7, 11) is 0. The lowest BCUT2D eigenvalue weighted by Gasteiger charge is -2.24. The molecule has 1 aromatic rings. The largest absolute Gasteiger partial charge is 0.322 e. The molecule has 3 nitrogen and oxygen atoms in total. The molecule has 0 radical (unpaired) electrons. The highest BCUT2D eigenvalue weighted by atomic mass is 19.2. The first-order valence-electron chi connectivity index (χ1n) is 7.60. The van der Waals surface area contributed by atoms with Gasteiger partial charge in [-0.3, -0.25) is 10.1 Å². The SMILES string of the molecule is CCCCC1NC(c2ccc(F)c(F)c2)N(CCC)C1=O. The minimum Gasteiger partial charge on any atom is -0.322 e. The van der Waals surface area contributed by atoms with E-state index in [4.69, 9.17) is 0 Å². The number of rotatable bonds is 6. The normalized spacial score (nSPS) is 22.1. The first-order valence-corrected chi connectivity index (χ1v) is 7.60. The van der Waals surface area contributed by atoms with Crippen LogP contribution in [0.2, 0.25) is 0 Å². The average Bonchev–Trinajstić information content (AvgIpc) is 2.77. The van der Waals surface area contributed by atoms with E-state index in [1.165, 1.54) is 12.1 Å². The van der Waals surface area contributed by atoms with Crippen molar-refractivity contribution in [1.82, 2.24) is 10.2 Å². The highest BCUT2D eigenvalue weighted by Crippen LogP contribution is 2.28. The van der Waals surface area contributed by atoms with E-state index in [9.17, 15) is 13.6 Å². The molecule has 5 heteroatoms. The zero-order chi connectivity index (χ0) is 15.4. The molecule has 2 atom stereocenters. The summed E-state index contributed by atoms with van der Waals surface area (Å²) in [6.45, 7) is 4.68. The van der Waals surface area contributed by atoms with Crippen LogP contribution in [-0.2, 0) is 4.79 Å². The lowest BCUT2D eigenvalue weighted by Crippen LogP contribution is -2.31. The Morgan fingerprint density at radius 1 is 1.19 bits per heavy atom. The van der Waals surface area contributed by atoms with Gasteiger partial charge in [0.05, 0.1) is 6.04 Å². The molecular weight excluding hydrogens is 274 g/mol. The number of nitrogens with one attached hydrogen (secondary N) is 1. The number of amides is 1. The maximum atomic E-state index is 13.4. The van der Waals surface area contributed by atoms with E-state index in [1.807, 2.05) is 6.92 Å². The molecule has 0 aliphatic carbocycles. The summed E-state index contributed by atoms with van der Waals surface area (Å²) >= 11 is 0. The van der Waals surface area contributed by atoms with Gasteiger partial charge in [0.15, 0.2) is 11.6 Å². The van der Waals surface area contributed by atoms with Crippen LogP contribution in [0.1, 0.15) is 51.3 Å². The average molecular weight is 296 g/mol. The summed E-state index contributed by atoms with van der Waals surface area (Å²) in [5.41, 5.74) is 0.592. The molecule has 1 fully saturated rings. The predicted octanol–water partition coefficient (Wildman–Crippen LogP) is 3.36. The number of hydrogen-bond donors (Lipinski definition) is 1. The monoisotopic (exact) mass is 296 g/mol. The van der Waals surface area contributed by atoms with Crippen LogP contribution in [-0.4, -0.2) is 23.4 Å². The van der Waals surface area contributed by atoms with Gasteiger partial charge < -0.3 is 4.90 Å². The molecule has 0 aromatic heterocycles. The second-order valence-corrected chi connectivity index (χ2v) is 5.47. The first-order chi connectivity index (χ1) is 10.1. The zero-order valence-corrected chi connectivity index (χ0v) is 12.5. The van der Waals surface area contributed by atoms with Gasteiger partial charge in [-0.1, -0.05) is 32.8 Å². The second-order valence-electron chi connectivity index (χ2n) is 5.47. The number of carbonyl (C=O) groups is 1. The highest BCUT2D eigenvalue weighted by molar-refractivity contribution is 5.84. The van der Waals surface area contributed by atoms with Crippen molar-refractivity contribution < 1.29 is 13.6 Å². The van der Waals surface area contributed by atoms with Crippen molar-refractivity contribution >= 4 is 5.91 Å². The number of unbranched alkanes of at least 4 members (excludes halogenated alkanes) is 1. The topological polar surface area (TPSA) is 32.3 Å². The maximum absolute atomic E-state index is 13.4. The summed E-state index contributed by atoms with van der Waals surface area (Å²) < 4.78 is 26.5. The molecule has 1 aromatic carbocycles. The van der Waals surface area contributed by atoms with Crippen LogP contribution < -0.4 is 5.32 Å². The molecule has 2 rings (SSSR count). The third-order valence-electron chi connectivity index (χ3n) is 3.82. The van der Waals surface area contributed by atoms with Crippen LogP contribution in [0.5, 0.6) is 0 Å². The van der Waals surface area contributed by atoms with Gasteiger partial charge in [0.25, 0.3) is 0 Å². The summed E-state index contributed by atoms with van der Waals surface area (Å²) in [5, 5.41) is 3.26. The summed E-state index contributed by atoms with van der Waals surface area (Å²) in [4.78, 5) is 14.2. The summed E-state index contributed by atoms with van der Waals surface area (Å²) in [6, 6.07) is 3.59. The van der Waals surface area contributed by atoms with Crippen molar-refractivity contribution in [3.63, 3.8) is 0 Å². The number of halogens is 2. The minimum atomic E-state index is -0.879. The fourth-order valence-corrected chi connectivity index (χ4v) is 2.73. The van der Waals surface area contributed by atoms with E-state index in [0.717, 1.165) is 31.7 Å². The van der Waals surface area contributed by atoms with Crippen molar-refractivity contribution in [1.29, 1.82) is 0 Å². The molecule has 1 heterocycles. The molecular formula is C16H22F2N2O. The van der Waals surface area contributed by atoms with E-state index in [0.29, 0.717) is 12.1 Å². The first kappa shape index (κ1) is 15.9. The van der Waals surface area contributed by atoms with Crippen LogP contribution in [0, 0.1) is 11.6 Å². The Kier molecular flexibility index (Phi) is 5.28. The van der Waals surface area contributed by atoms with Gasteiger partial charge in [-0.05, 0) is 30.5 Å². The maximum Gasteiger partial charge on any atom is 0.241 e. The molecule has 1 saturated heterocycles. The fraction of sp³-hybridized carbons (Fsp3) is 0.562. The van der Waals surface area contributed by atoms with E-state index >= 15 is 0 Å². The van der Waals surface area contributed by atoms with Gasteiger partial charge in [0.2, 0.25) is 5.91 Å². The standard InChI is InChI=1S/C16H22F2N2O/c1-3-5-6-14-16(21)20(9-4-2)15(19-14)11-7-8-12(17)13(18)10-11/h7-8,10,14-15,19H,3-6,9H2,1-2H3. The molecule has 1 aliphatic rings. The Labute approximate surface area is 124 Å². The smallest absolute Gasteiger partial charge is 0.241 e. The van der Waals surface area contributed by atoms with Crippen LogP contribution in [0.15, 0.2) is 18.2 Å². The van der Waals surface area contributed by atoms with Gasteiger partial charge in [0.1, 0.15) is 6.17 Å². The van der Waals surface area contributed by atoms with Gasteiger partial charge >= 0.3 is 0 Å². The van der Waals surface area contributed by atoms with Gasteiger partial charge in [-0.2, -0.15) is 0 Å². The molecule has 0 saturated carbocycles. The van der Waals surface area contributed by atoms with Crippen molar-refractivity contribution in [2.24, 2.45) is 0 Å². The molecule has 1 N–H and O–H groups in total. The Morgan fingerprint density at radius 3 is 2.57 bits per heavy atom. The molecule has 2 unspecified atom stereocenters. The van der Waals surface area contributed by atoms with Crippen LogP contribution in [0.4, 0.5) is 8.78 Å². The van der Waals surface area contributed by atoms with E-state index in [2.05, 4.69) is 12.2 Å². The Balaban J connectivity index is 2.22. The van der Waals surface area contributed by atoms with Crippen molar-refractivity contribution in [3.05, 3.63) is 35.4 Å². The number of hydrogen-bond acceptors (Lipinski definition) is 2. The highest BCUT2D eigenvalue weighted by Gasteiger charge is 2.38. The molecule has 0 spiro atoms. The molecule has 1 aliphatic heterocycles. The summed E-state index contributed by atoms with van der Waals surface area (Å²) in [6.07, 6.45) is 3.22. The molecule has 21 heavy (non-hydrogen) atoms. The van der Waals surface area contributed by atoms with Gasteiger partial charge in [-0.15, -0.1) is 0 Å². The summed E-state index contributed by atoms with van der Waals surface area (Å²) in [5.74, 6) is -1.69. The lowest BCUT2D eigenvalue weighted by atomic mass is 10.1. The lowest BCUT2D eigenvalue weighted by molar-refractivity contribution is -0.130. The van der Waals surface area contributed by atoms with Crippen LogP contribution in [0.25, 0.3) is 0 Å². The Bertz CT molecular complexity index is 507. The third-order valence-corrected chi connectivity index (χ3v) is 3.82. The predicted molar refractivity (Wildman–Crippen MR) is 77.6 cm³/mol. The fourth-order valence-electron chi connectivity index (χ4n) is 2.73. The van der Waals surface area contributed by atoms with Crippen molar-refractivity contribution in [3.8, 4) is 0 Å². The van der Waals surface area contributed by atoms with E-state index in [1.54, 1.807) is 4.90 Å². The molecule has 1 amide bonds. The minimum absolute atomic E-state index is 0.0556. The Morgan fingerprint density at radius 2 is 1.95 bits per heavy atom. The van der Waals surface area contributed by atoms with E-state index in [-0.39, 0.29) is 18.1 Å². The second kappa shape index (κ2) is 6.98. The van der Waals surface area contributed by atoms with Crippen LogP contribution >= 0.6 is 0 Å². The molecule has 0 bridgehead atoms. The Hall–Kier alpha value is -1.49. The quantitative estimate of drug-likeness (QED) is 0.873. The van der Waals surface area contributed by atoms with Crippen LogP contribution in [0.3, 0.4) is 0 Å². The molecule has 116 valence electrons. The van der Waals surface area contributed by atoms with Gasteiger partial charge in [-0.25, -0.2) is 8.78 Å². The van der Waals surface area contributed by atoms with Crippen molar-refractivity contribution in [2.75, 3.05) is 6.54 Å². The number of benzene rings is 1. The van der Waals surface area contributed by atoms with E-state index < -0.39 is 11.6 Å².